The molecule has 1 aromatic heterocycles. The molecule has 1 atom stereocenters. The number of nitrogens with one attached hydrogen (secondary N) is 1. The molecule has 3 heterocycles. The topological polar surface area (TPSA) is 91.1 Å². The van der Waals surface area contributed by atoms with Crippen molar-refractivity contribution >= 4 is 22.7 Å². The number of benzene rings is 1. The first kappa shape index (κ1) is 22.6. The molecule has 172 valence electrons. The number of aliphatic hydroxyl groups is 1. The largest absolute Gasteiger partial charge is 0.509 e. The van der Waals surface area contributed by atoms with Crippen molar-refractivity contribution in [2.45, 2.75) is 19.4 Å². The van der Waals surface area contributed by atoms with Gasteiger partial charge in [0, 0.05) is 37.1 Å². The Labute approximate surface area is 192 Å². The van der Waals surface area contributed by atoms with Gasteiger partial charge in [0.2, 0.25) is 0 Å². The van der Waals surface area contributed by atoms with E-state index in [2.05, 4.69) is 4.90 Å². The zero-order chi connectivity index (χ0) is 22.7. The van der Waals surface area contributed by atoms with Crippen LogP contribution in [0.4, 0.5) is 0 Å². The number of aromatic nitrogens is 1. The molecule has 2 aliphatic heterocycles. The lowest BCUT2D eigenvalue weighted by atomic mass is 10.1. The normalized spacial score (nSPS) is 19.7. The van der Waals surface area contributed by atoms with Crippen LogP contribution in [-0.2, 0) is 4.74 Å². The van der Waals surface area contributed by atoms with E-state index in [4.69, 9.17) is 24.6 Å². The zero-order valence-corrected chi connectivity index (χ0v) is 19.6. The van der Waals surface area contributed by atoms with Gasteiger partial charge < -0.3 is 24.2 Å². The number of aliphatic hydroxyl groups excluding tert-OH is 1. The second-order valence-corrected chi connectivity index (χ2v) is 8.75. The minimum absolute atomic E-state index is 0.208. The lowest BCUT2D eigenvalue weighted by Crippen LogP contribution is -2.39. The monoisotopic (exact) mass is 458 g/mol. The van der Waals surface area contributed by atoms with Crippen LogP contribution in [0.1, 0.15) is 18.4 Å². The molecule has 2 N–H and O–H groups in total. The van der Waals surface area contributed by atoms with Crippen molar-refractivity contribution < 1.29 is 19.3 Å². The maximum Gasteiger partial charge on any atom is 0.135 e. The van der Waals surface area contributed by atoms with E-state index in [1.165, 1.54) is 11.3 Å². The molecular formula is C23H30N4O4S. The third-order valence-electron chi connectivity index (χ3n) is 6.02. The van der Waals surface area contributed by atoms with Gasteiger partial charge in [-0.25, -0.2) is 4.98 Å². The third-order valence-corrected chi connectivity index (χ3v) is 6.88. The number of hydrogen-bond acceptors (Lipinski definition) is 8. The molecule has 32 heavy (non-hydrogen) atoms. The van der Waals surface area contributed by atoms with E-state index in [1.807, 2.05) is 35.4 Å². The number of amidine groups is 1. The Morgan fingerprint density at radius 2 is 2.00 bits per heavy atom. The summed E-state index contributed by atoms with van der Waals surface area (Å²) in [5, 5.41) is 22.1. The van der Waals surface area contributed by atoms with Crippen LogP contribution in [0.15, 0.2) is 29.3 Å². The minimum Gasteiger partial charge on any atom is -0.509 e. The molecule has 1 fully saturated rings. The van der Waals surface area contributed by atoms with E-state index in [9.17, 15) is 5.11 Å². The van der Waals surface area contributed by atoms with Gasteiger partial charge >= 0.3 is 0 Å². The number of thiazole rings is 1. The number of nitrogens with zero attached hydrogens (tertiary/aromatic N) is 3. The SMILES string of the molecule is COc1ccc(OC)c(-c2csc(C3=C(O)C(C)N(CCCN4CCOCC4)C3=N)n2)c1. The summed E-state index contributed by atoms with van der Waals surface area (Å²) in [6, 6.07) is 5.33. The predicted octanol–water partition coefficient (Wildman–Crippen LogP) is 3.50. The van der Waals surface area contributed by atoms with Gasteiger partial charge in [0.25, 0.3) is 0 Å². The second-order valence-electron chi connectivity index (χ2n) is 7.89. The average Bonchev–Trinajstić information content (AvgIpc) is 3.38. The smallest absolute Gasteiger partial charge is 0.135 e. The fourth-order valence-electron chi connectivity index (χ4n) is 4.15. The van der Waals surface area contributed by atoms with Crippen molar-refractivity contribution in [2.24, 2.45) is 0 Å². The van der Waals surface area contributed by atoms with Gasteiger partial charge in [-0.3, -0.25) is 10.3 Å². The van der Waals surface area contributed by atoms with Crippen molar-refractivity contribution in [3.63, 3.8) is 0 Å². The van der Waals surface area contributed by atoms with Gasteiger partial charge in [-0.05, 0) is 31.5 Å². The number of rotatable bonds is 8. The van der Waals surface area contributed by atoms with E-state index >= 15 is 0 Å². The Kier molecular flexibility index (Phi) is 6.98. The molecule has 2 aromatic rings. The highest BCUT2D eigenvalue weighted by Gasteiger charge is 2.36. The van der Waals surface area contributed by atoms with Crippen LogP contribution in [0, 0.1) is 5.41 Å². The van der Waals surface area contributed by atoms with Crippen molar-refractivity contribution in [2.75, 3.05) is 53.6 Å². The molecule has 0 amide bonds. The Bertz CT molecular complexity index is 1000. The summed E-state index contributed by atoms with van der Waals surface area (Å²) in [6.07, 6.45) is 0.928. The van der Waals surface area contributed by atoms with Crippen LogP contribution < -0.4 is 9.47 Å². The molecule has 0 bridgehead atoms. The molecule has 1 saturated heterocycles. The average molecular weight is 459 g/mol. The Morgan fingerprint density at radius 1 is 1.22 bits per heavy atom. The van der Waals surface area contributed by atoms with Crippen LogP contribution in [0.25, 0.3) is 16.8 Å². The summed E-state index contributed by atoms with van der Waals surface area (Å²) in [6.45, 7) is 7.10. The summed E-state index contributed by atoms with van der Waals surface area (Å²) in [4.78, 5) is 9.09. The van der Waals surface area contributed by atoms with Gasteiger partial charge in [0.05, 0.1) is 44.7 Å². The van der Waals surface area contributed by atoms with E-state index < -0.39 is 0 Å². The van der Waals surface area contributed by atoms with Gasteiger partial charge in [-0.1, -0.05) is 0 Å². The van der Waals surface area contributed by atoms with Crippen LogP contribution in [-0.4, -0.2) is 85.4 Å². The van der Waals surface area contributed by atoms with Gasteiger partial charge in [0.1, 0.15) is 28.1 Å². The van der Waals surface area contributed by atoms with Gasteiger partial charge in [-0.2, -0.15) is 0 Å². The van der Waals surface area contributed by atoms with Gasteiger partial charge in [0.15, 0.2) is 0 Å². The minimum atomic E-state index is -0.235. The highest BCUT2D eigenvalue weighted by molar-refractivity contribution is 7.11. The first-order valence-electron chi connectivity index (χ1n) is 10.8. The van der Waals surface area contributed by atoms with Crippen LogP contribution in [0.3, 0.4) is 0 Å². The molecule has 0 saturated carbocycles. The first-order chi connectivity index (χ1) is 15.5. The molecule has 0 spiro atoms. The van der Waals surface area contributed by atoms with Crippen LogP contribution in [0.5, 0.6) is 11.5 Å². The number of ether oxygens (including phenoxy) is 3. The Balaban J connectivity index is 1.49. The summed E-state index contributed by atoms with van der Waals surface area (Å²) in [7, 11) is 3.24. The highest BCUT2D eigenvalue weighted by Crippen LogP contribution is 2.38. The number of hydrogen-bond donors (Lipinski definition) is 2. The quantitative estimate of drug-likeness (QED) is 0.626. The molecule has 4 rings (SSSR count). The predicted molar refractivity (Wildman–Crippen MR) is 126 cm³/mol. The molecule has 0 radical (unpaired) electrons. The second kappa shape index (κ2) is 9.89. The Hall–Kier alpha value is -2.62. The van der Waals surface area contributed by atoms with E-state index in [0.717, 1.165) is 50.5 Å². The van der Waals surface area contributed by atoms with Gasteiger partial charge in [-0.15, -0.1) is 11.3 Å². The summed E-state index contributed by atoms with van der Waals surface area (Å²) < 4.78 is 16.2. The number of methoxy groups -OCH3 is 2. The molecule has 1 aromatic carbocycles. The van der Waals surface area contributed by atoms with Crippen LogP contribution >= 0.6 is 11.3 Å². The first-order valence-corrected chi connectivity index (χ1v) is 11.7. The molecule has 2 aliphatic rings. The number of morpholine rings is 1. The Morgan fingerprint density at radius 3 is 2.72 bits per heavy atom. The molecule has 9 heteroatoms. The zero-order valence-electron chi connectivity index (χ0n) is 18.8. The molecule has 1 unspecified atom stereocenters. The highest BCUT2D eigenvalue weighted by atomic mass is 32.1. The lowest BCUT2D eigenvalue weighted by Gasteiger charge is -2.29. The maximum atomic E-state index is 10.9. The van der Waals surface area contributed by atoms with Crippen molar-refractivity contribution in [1.29, 1.82) is 5.41 Å². The molecule has 0 aliphatic carbocycles. The van der Waals surface area contributed by atoms with E-state index in [-0.39, 0.29) is 11.8 Å². The fourth-order valence-corrected chi connectivity index (χ4v) is 5.02. The molecule has 8 nitrogen and oxygen atoms in total. The molecular weight excluding hydrogens is 428 g/mol. The van der Waals surface area contributed by atoms with Crippen molar-refractivity contribution in [1.82, 2.24) is 14.8 Å². The lowest BCUT2D eigenvalue weighted by molar-refractivity contribution is 0.0366. The fraction of sp³-hybridized carbons (Fsp3) is 0.478. The van der Waals surface area contributed by atoms with E-state index in [1.54, 1.807) is 14.2 Å². The summed E-state index contributed by atoms with van der Waals surface area (Å²) in [5.74, 6) is 1.95. The standard InChI is InChI=1S/C23H30N4O4S/c1-15-21(28)20(22(24)27(15)8-4-7-26-9-11-31-12-10-26)23-25-18(14-32-23)17-13-16(29-2)5-6-19(17)30-3/h5-6,13-15,24,28H,4,7-12H2,1-3H3. The summed E-state index contributed by atoms with van der Waals surface area (Å²) >= 11 is 1.42. The van der Waals surface area contributed by atoms with Crippen molar-refractivity contribution in [3.05, 3.63) is 34.3 Å². The van der Waals surface area contributed by atoms with Crippen molar-refractivity contribution in [3.8, 4) is 22.8 Å². The maximum absolute atomic E-state index is 10.9. The van der Waals surface area contributed by atoms with E-state index in [0.29, 0.717) is 34.5 Å². The summed E-state index contributed by atoms with van der Waals surface area (Å²) in [5.41, 5.74) is 2.06. The van der Waals surface area contributed by atoms with Crippen LogP contribution in [0.2, 0.25) is 0 Å². The third kappa shape index (κ3) is 4.46.